The fraction of sp³-hybridized carbons (Fsp3) is 0.588. The summed E-state index contributed by atoms with van der Waals surface area (Å²) in [7, 11) is 0. The predicted octanol–water partition coefficient (Wildman–Crippen LogP) is 5.65. The maximum Gasteiger partial charge on any atom is 0.110 e. The lowest BCUT2D eigenvalue weighted by atomic mass is 9.70. The van der Waals surface area contributed by atoms with Crippen LogP contribution in [0.25, 0.3) is 11.0 Å². The van der Waals surface area contributed by atoms with Crippen LogP contribution in [0.5, 0.6) is 0 Å². The normalized spacial score (nSPS) is 24.2. The number of rotatable bonds is 1. The van der Waals surface area contributed by atoms with Crippen LogP contribution < -0.4 is 0 Å². The highest BCUT2D eigenvalue weighted by molar-refractivity contribution is 9.10. The van der Waals surface area contributed by atoms with E-state index in [4.69, 9.17) is 4.98 Å². The number of benzene rings is 1. The quantitative estimate of drug-likeness (QED) is 0.717. The standard InChI is InChI=1S/C17H23BrN2/c1-17(2,3)12-6-4-11(5-7-12)16-19-14-9-8-13(18)10-15(14)20-16/h8-12H,4-7H2,1-3H3,(H,19,20). The van der Waals surface area contributed by atoms with Crippen molar-refractivity contribution < 1.29 is 0 Å². The lowest BCUT2D eigenvalue weighted by molar-refractivity contribution is 0.167. The number of aromatic amines is 1. The molecule has 108 valence electrons. The number of nitrogens with zero attached hydrogens (tertiary/aromatic N) is 1. The minimum absolute atomic E-state index is 0.448. The van der Waals surface area contributed by atoms with Crippen molar-refractivity contribution in [1.82, 2.24) is 9.97 Å². The van der Waals surface area contributed by atoms with Gasteiger partial charge in [-0.15, -0.1) is 0 Å². The highest BCUT2D eigenvalue weighted by Gasteiger charge is 2.31. The van der Waals surface area contributed by atoms with E-state index < -0.39 is 0 Å². The summed E-state index contributed by atoms with van der Waals surface area (Å²) in [5, 5.41) is 0. The van der Waals surface area contributed by atoms with E-state index in [1.807, 2.05) is 0 Å². The van der Waals surface area contributed by atoms with E-state index in [-0.39, 0.29) is 0 Å². The molecule has 2 nitrogen and oxygen atoms in total. The number of hydrogen-bond donors (Lipinski definition) is 1. The SMILES string of the molecule is CC(C)(C)C1CCC(c2nc3ccc(Br)cc3[nH]2)CC1. The van der Waals surface area contributed by atoms with Crippen molar-refractivity contribution in [2.75, 3.05) is 0 Å². The van der Waals surface area contributed by atoms with E-state index >= 15 is 0 Å². The van der Waals surface area contributed by atoms with Crippen molar-refractivity contribution in [3.8, 4) is 0 Å². The first-order chi connectivity index (χ1) is 9.43. The van der Waals surface area contributed by atoms with Crippen LogP contribution in [-0.2, 0) is 0 Å². The molecule has 0 bridgehead atoms. The molecule has 1 fully saturated rings. The van der Waals surface area contributed by atoms with Gasteiger partial charge in [0, 0.05) is 10.4 Å². The van der Waals surface area contributed by atoms with Crippen LogP contribution in [0, 0.1) is 11.3 Å². The highest BCUT2D eigenvalue weighted by Crippen LogP contribution is 2.42. The third kappa shape index (κ3) is 2.78. The molecule has 1 aromatic heterocycles. The second kappa shape index (κ2) is 5.18. The third-order valence-electron chi connectivity index (χ3n) is 4.80. The third-order valence-corrected chi connectivity index (χ3v) is 5.29. The Kier molecular flexibility index (Phi) is 3.65. The van der Waals surface area contributed by atoms with Crippen molar-refractivity contribution >= 4 is 27.0 Å². The van der Waals surface area contributed by atoms with Crippen LogP contribution in [-0.4, -0.2) is 9.97 Å². The number of nitrogens with one attached hydrogen (secondary N) is 1. The molecular formula is C17H23BrN2. The van der Waals surface area contributed by atoms with Gasteiger partial charge in [-0.05, 0) is 55.2 Å². The van der Waals surface area contributed by atoms with Gasteiger partial charge in [0.2, 0.25) is 0 Å². The molecule has 2 aromatic rings. The Hall–Kier alpha value is -0.830. The summed E-state index contributed by atoms with van der Waals surface area (Å²) < 4.78 is 1.11. The van der Waals surface area contributed by atoms with Gasteiger partial charge in [-0.25, -0.2) is 4.98 Å². The van der Waals surface area contributed by atoms with Crippen LogP contribution in [0.3, 0.4) is 0 Å². The van der Waals surface area contributed by atoms with Gasteiger partial charge in [-0.2, -0.15) is 0 Å². The first-order valence-electron chi connectivity index (χ1n) is 7.58. The van der Waals surface area contributed by atoms with Crippen molar-refractivity contribution in [2.45, 2.75) is 52.4 Å². The number of H-pyrrole nitrogens is 1. The minimum Gasteiger partial charge on any atom is -0.342 e. The first-order valence-corrected chi connectivity index (χ1v) is 8.38. The maximum absolute atomic E-state index is 4.79. The highest BCUT2D eigenvalue weighted by atomic mass is 79.9. The summed E-state index contributed by atoms with van der Waals surface area (Å²) >= 11 is 3.52. The molecule has 20 heavy (non-hydrogen) atoms. The Morgan fingerprint density at radius 2 is 1.85 bits per heavy atom. The minimum atomic E-state index is 0.448. The molecule has 0 unspecified atom stereocenters. The number of halogens is 1. The molecule has 0 radical (unpaired) electrons. The summed E-state index contributed by atoms with van der Waals surface area (Å²) in [4.78, 5) is 8.31. The maximum atomic E-state index is 4.79. The van der Waals surface area contributed by atoms with Crippen LogP contribution in [0.2, 0.25) is 0 Å². The average molecular weight is 335 g/mol. The Morgan fingerprint density at radius 3 is 2.50 bits per heavy atom. The van der Waals surface area contributed by atoms with Gasteiger partial charge in [0.15, 0.2) is 0 Å². The summed E-state index contributed by atoms with van der Waals surface area (Å²) in [6, 6.07) is 6.26. The van der Waals surface area contributed by atoms with E-state index in [1.165, 1.54) is 31.5 Å². The molecule has 0 saturated heterocycles. The lowest BCUT2D eigenvalue weighted by Crippen LogP contribution is -2.25. The van der Waals surface area contributed by atoms with E-state index in [9.17, 15) is 0 Å². The van der Waals surface area contributed by atoms with Gasteiger partial charge < -0.3 is 4.98 Å². The molecule has 0 amide bonds. The molecule has 1 heterocycles. The zero-order valence-corrected chi connectivity index (χ0v) is 14.1. The Balaban J connectivity index is 1.76. The number of fused-ring (bicyclic) bond motifs is 1. The fourth-order valence-electron chi connectivity index (χ4n) is 3.43. The summed E-state index contributed by atoms with van der Waals surface area (Å²) in [6.45, 7) is 7.12. The van der Waals surface area contributed by atoms with Crippen molar-refractivity contribution in [3.05, 3.63) is 28.5 Å². The topological polar surface area (TPSA) is 28.7 Å². The van der Waals surface area contributed by atoms with Crippen LogP contribution in [0.1, 0.15) is 58.2 Å². The van der Waals surface area contributed by atoms with Gasteiger partial charge in [0.05, 0.1) is 11.0 Å². The lowest BCUT2D eigenvalue weighted by Gasteiger charge is -2.36. The molecular weight excluding hydrogens is 312 g/mol. The predicted molar refractivity (Wildman–Crippen MR) is 87.9 cm³/mol. The van der Waals surface area contributed by atoms with E-state index in [1.54, 1.807) is 0 Å². The van der Waals surface area contributed by atoms with Gasteiger partial charge in [0.25, 0.3) is 0 Å². The zero-order valence-electron chi connectivity index (χ0n) is 12.5. The number of imidazole rings is 1. The van der Waals surface area contributed by atoms with Crippen molar-refractivity contribution in [2.24, 2.45) is 11.3 Å². The van der Waals surface area contributed by atoms with Gasteiger partial charge in [-0.1, -0.05) is 36.7 Å². The number of hydrogen-bond acceptors (Lipinski definition) is 1. The van der Waals surface area contributed by atoms with E-state index in [2.05, 4.69) is 59.9 Å². The van der Waals surface area contributed by atoms with E-state index in [0.717, 1.165) is 21.4 Å². The van der Waals surface area contributed by atoms with Crippen LogP contribution >= 0.6 is 15.9 Å². The molecule has 1 aromatic carbocycles. The Bertz CT molecular complexity index is 601. The summed E-state index contributed by atoms with van der Waals surface area (Å²) in [5.41, 5.74) is 2.68. The molecule has 1 saturated carbocycles. The van der Waals surface area contributed by atoms with E-state index in [0.29, 0.717) is 11.3 Å². The van der Waals surface area contributed by atoms with Gasteiger partial charge in [-0.3, -0.25) is 0 Å². The van der Waals surface area contributed by atoms with Crippen LogP contribution in [0.4, 0.5) is 0 Å². The molecule has 3 heteroatoms. The summed E-state index contributed by atoms with van der Waals surface area (Å²) in [6.07, 6.45) is 5.19. The molecule has 0 spiro atoms. The molecule has 1 aliphatic rings. The molecule has 1 N–H and O–H groups in total. The van der Waals surface area contributed by atoms with Crippen molar-refractivity contribution in [3.63, 3.8) is 0 Å². The largest absolute Gasteiger partial charge is 0.342 e. The molecule has 1 aliphatic carbocycles. The summed E-state index contributed by atoms with van der Waals surface area (Å²) in [5.74, 6) is 2.66. The molecule has 0 atom stereocenters. The first kappa shape index (κ1) is 14.1. The Labute approximate surface area is 129 Å². The van der Waals surface area contributed by atoms with Gasteiger partial charge >= 0.3 is 0 Å². The fourth-order valence-corrected chi connectivity index (χ4v) is 3.79. The Morgan fingerprint density at radius 1 is 1.15 bits per heavy atom. The zero-order chi connectivity index (χ0) is 14.3. The van der Waals surface area contributed by atoms with Crippen LogP contribution in [0.15, 0.2) is 22.7 Å². The van der Waals surface area contributed by atoms with Crippen molar-refractivity contribution in [1.29, 1.82) is 0 Å². The smallest absolute Gasteiger partial charge is 0.110 e. The molecule has 0 aliphatic heterocycles. The monoisotopic (exact) mass is 334 g/mol. The number of aromatic nitrogens is 2. The second-order valence-electron chi connectivity index (χ2n) is 7.20. The molecule has 3 rings (SSSR count). The second-order valence-corrected chi connectivity index (χ2v) is 8.11. The van der Waals surface area contributed by atoms with Gasteiger partial charge in [0.1, 0.15) is 5.82 Å². The average Bonchev–Trinajstić information content (AvgIpc) is 2.80.